The molecule has 32 heavy (non-hydrogen) atoms. The summed E-state index contributed by atoms with van der Waals surface area (Å²) in [6, 6.07) is 22.1. The summed E-state index contributed by atoms with van der Waals surface area (Å²) in [6.45, 7) is 0. The second-order valence-corrected chi connectivity index (χ2v) is 7.50. The molecule has 0 saturated heterocycles. The Kier molecular flexibility index (Phi) is 6.59. The normalized spacial score (nSPS) is 11.0. The van der Waals surface area contributed by atoms with Gasteiger partial charge in [0.1, 0.15) is 16.5 Å². The van der Waals surface area contributed by atoms with E-state index < -0.39 is 5.97 Å². The maximum absolute atomic E-state index is 12.4. The lowest BCUT2D eigenvalue weighted by Crippen LogP contribution is -2.04. The molecule has 0 unspecified atom stereocenters. The molecule has 0 amide bonds. The lowest BCUT2D eigenvalue weighted by atomic mass is 10.1. The number of rotatable bonds is 6. The van der Waals surface area contributed by atoms with Crippen LogP contribution in [0.1, 0.15) is 5.56 Å². The molecule has 0 atom stereocenters. The van der Waals surface area contributed by atoms with Gasteiger partial charge in [-0.2, -0.15) is 5.10 Å². The summed E-state index contributed by atoms with van der Waals surface area (Å²) in [5, 5.41) is 5.23. The van der Waals surface area contributed by atoms with E-state index in [1.54, 1.807) is 36.1 Å². The van der Waals surface area contributed by atoms with Crippen LogP contribution in [0.15, 0.2) is 85.1 Å². The van der Waals surface area contributed by atoms with Crippen molar-refractivity contribution in [3.63, 3.8) is 0 Å². The van der Waals surface area contributed by atoms with Crippen molar-refractivity contribution in [3.05, 3.63) is 101 Å². The van der Waals surface area contributed by atoms with Crippen molar-refractivity contribution in [1.29, 1.82) is 0 Å². The summed E-state index contributed by atoms with van der Waals surface area (Å²) in [6.07, 6.45) is 4.81. The molecule has 0 aliphatic heterocycles. The second-order valence-electron chi connectivity index (χ2n) is 6.72. The highest BCUT2D eigenvalue weighted by Crippen LogP contribution is 2.33. The zero-order valence-electron chi connectivity index (χ0n) is 17.0. The summed E-state index contributed by atoms with van der Waals surface area (Å²) in [4.78, 5) is 12.4. The highest BCUT2D eigenvalue weighted by molar-refractivity contribution is 6.43. The van der Waals surface area contributed by atoms with E-state index in [1.807, 2.05) is 60.8 Å². The number of carbonyl (C=O) groups excluding carboxylic acids is 1. The average molecular weight is 465 g/mol. The van der Waals surface area contributed by atoms with Crippen molar-refractivity contribution in [2.75, 3.05) is 7.11 Å². The number of halogens is 2. The molecular weight excluding hydrogens is 447 g/mol. The molecule has 0 spiro atoms. The Bertz CT molecular complexity index is 1280. The van der Waals surface area contributed by atoms with Crippen LogP contribution >= 0.6 is 23.2 Å². The van der Waals surface area contributed by atoms with Gasteiger partial charge in [0.25, 0.3) is 0 Å². The monoisotopic (exact) mass is 464 g/mol. The van der Waals surface area contributed by atoms with Crippen LogP contribution in [-0.4, -0.2) is 22.9 Å². The first-order chi connectivity index (χ1) is 15.6. The number of ether oxygens (including phenoxy) is 2. The number of carbonyl (C=O) groups is 1. The summed E-state index contributed by atoms with van der Waals surface area (Å²) in [5.41, 5.74) is 3.07. The molecule has 0 aliphatic carbocycles. The number of nitrogens with zero attached hydrogens (tertiary/aromatic N) is 2. The highest BCUT2D eigenvalue weighted by atomic mass is 35.5. The fourth-order valence-corrected chi connectivity index (χ4v) is 3.47. The minimum atomic E-state index is -0.590. The first-order valence-corrected chi connectivity index (χ1v) is 10.4. The van der Waals surface area contributed by atoms with Crippen LogP contribution in [0.3, 0.4) is 0 Å². The van der Waals surface area contributed by atoms with Crippen molar-refractivity contribution in [1.82, 2.24) is 9.78 Å². The van der Waals surface area contributed by atoms with Gasteiger partial charge in [0.05, 0.1) is 17.8 Å². The minimum absolute atomic E-state index is 0.183. The molecule has 0 N–H and O–H groups in total. The molecule has 160 valence electrons. The summed E-state index contributed by atoms with van der Waals surface area (Å²) >= 11 is 12.1. The third-order valence-corrected chi connectivity index (χ3v) is 5.45. The molecule has 0 saturated carbocycles. The maximum Gasteiger partial charge on any atom is 0.336 e. The van der Waals surface area contributed by atoms with Gasteiger partial charge in [-0.25, -0.2) is 9.48 Å². The first-order valence-electron chi connectivity index (χ1n) is 9.69. The SMILES string of the molecule is COc1ccccc1-c1nn(-c2ccccc2)cc1C=CC(=O)Oc1cccc(Cl)c1Cl. The highest BCUT2D eigenvalue weighted by Gasteiger charge is 2.15. The Morgan fingerprint density at radius 2 is 1.66 bits per heavy atom. The van der Waals surface area contributed by atoms with Gasteiger partial charge in [-0.1, -0.05) is 59.6 Å². The Balaban J connectivity index is 1.70. The van der Waals surface area contributed by atoms with Gasteiger partial charge in [0.2, 0.25) is 0 Å². The molecule has 5 nitrogen and oxygen atoms in total. The molecule has 3 aromatic carbocycles. The third kappa shape index (κ3) is 4.69. The molecule has 0 radical (unpaired) electrons. The number of esters is 1. The third-order valence-electron chi connectivity index (χ3n) is 4.65. The van der Waals surface area contributed by atoms with E-state index in [9.17, 15) is 4.79 Å². The number of para-hydroxylation sites is 2. The van der Waals surface area contributed by atoms with Crippen molar-refractivity contribution in [2.45, 2.75) is 0 Å². The molecule has 0 fully saturated rings. The molecule has 0 bridgehead atoms. The van der Waals surface area contributed by atoms with Gasteiger partial charge in [-0.3, -0.25) is 0 Å². The van der Waals surface area contributed by atoms with Gasteiger partial charge in [-0.15, -0.1) is 0 Å². The van der Waals surface area contributed by atoms with E-state index in [4.69, 9.17) is 37.8 Å². The van der Waals surface area contributed by atoms with E-state index in [0.29, 0.717) is 22.0 Å². The standard InChI is InChI=1S/C25H18Cl2N2O3/c1-31-21-12-6-5-10-19(21)25-17(16-29(28-25)18-8-3-2-4-9-18)14-15-23(30)32-22-13-7-11-20(26)24(22)27/h2-16H,1H3. The Morgan fingerprint density at radius 3 is 2.44 bits per heavy atom. The van der Waals surface area contributed by atoms with Crippen molar-refractivity contribution in [3.8, 4) is 28.4 Å². The predicted molar refractivity (Wildman–Crippen MR) is 127 cm³/mol. The van der Waals surface area contributed by atoms with Crippen LogP contribution in [0.4, 0.5) is 0 Å². The van der Waals surface area contributed by atoms with Crippen LogP contribution in [-0.2, 0) is 4.79 Å². The Hall–Kier alpha value is -3.54. The lowest BCUT2D eigenvalue weighted by Gasteiger charge is -2.07. The Morgan fingerprint density at radius 1 is 0.938 bits per heavy atom. The largest absolute Gasteiger partial charge is 0.496 e. The topological polar surface area (TPSA) is 53.4 Å². The molecule has 4 rings (SSSR count). The van der Waals surface area contributed by atoms with E-state index in [-0.39, 0.29) is 10.8 Å². The molecule has 4 aromatic rings. The van der Waals surface area contributed by atoms with E-state index in [2.05, 4.69) is 0 Å². The van der Waals surface area contributed by atoms with Gasteiger partial charge < -0.3 is 9.47 Å². The Labute approximate surface area is 195 Å². The maximum atomic E-state index is 12.4. The van der Waals surface area contributed by atoms with E-state index in [0.717, 1.165) is 11.3 Å². The zero-order valence-corrected chi connectivity index (χ0v) is 18.5. The van der Waals surface area contributed by atoms with Crippen LogP contribution in [0.5, 0.6) is 11.5 Å². The van der Waals surface area contributed by atoms with Gasteiger partial charge in [0.15, 0.2) is 5.75 Å². The fourth-order valence-electron chi connectivity index (χ4n) is 3.13. The number of methoxy groups -OCH3 is 1. The minimum Gasteiger partial charge on any atom is -0.496 e. The van der Waals surface area contributed by atoms with Gasteiger partial charge in [0, 0.05) is 23.4 Å². The number of benzene rings is 3. The van der Waals surface area contributed by atoms with Crippen molar-refractivity contribution < 1.29 is 14.3 Å². The number of aromatic nitrogens is 2. The van der Waals surface area contributed by atoms with Crippen LogP contribution < -0.4 is 9.47 Å². The van der Waals surface area contributed by atoms with Crippen molar-refractivity contribution in [2.24, 2.45) is 0 Å². The van der Waals surface area contributed by atoms with Gasteiger partial charge in [-0.05, 0) is 42.5 Å². The predicted octanol–water partition coefficient (Wildman–Crippen LogP) is 6.47. The zero-order chi connectivity index (χ0) is 22.5. The van der Waals surface area contributed by atoms with Gasteiger partial charge >= 0.3 is 5.97 Å². The summed E-state index contributed by atoms with van der Waals surface area (Å²) < 4.78 is 12.6. The number of hydrogen-bond donors (Lipinski definition) is 0. The molecule has 1 heterocycles. The van der Waals surface area contributed by atoms with E-state index in [1.165, 1.54) is 6.08 Å². The van der Waals surface area contributed by atoms with Crippen molar-refractivity contribution >= 4 is 35.2 Å². The smallest absolute Gasteiger partial charge is 0.336 e. The van der Waals surface area contributed by atoms with Crippen LogP contribution in [0, 0.1) is 0 Å². The second kappa shape index (κ2) is 9.73. The molecular formula is C25H18Cl2N2O3. The number of hydrogen-bond acceptors (Lipinski definition) is 4. The molecule has 1 aromatic heterocycles. The quantitative estimate of drug-likeness (QED) is 0.186. The lowest BCUT2D eigenvalue weighted by molar-refractivity contribution is -0.128. The van der Waals surface area contributed by atoms with Crippen LogP contribution in [0.25, 0.3) is 23.0 Å². The fraction of sp³-hybridized carbons (Fsp3) is 0.0400. The summed E-state index contributed by atoms with van der Waals surface area (Å²) in [7, 11) is 1.61. The first kappa shape index (κ1) is 21.7. The molecule has 0 aliphatic rings. The van der Waals surface area contributed by atoms with Crippen LogP contribution in [0.2, 0.25) is 10.0 Å². The summed E-state index contributed by atoms with van der Waals surface area (Å²) in [5.74, 6) is 0.278. The van der Waals surface area contributed by atoms with E-state index >= 15 is 0 Å². The molecule has 7 heteroatoms. The average Bonchev–Trinajstić information content (AvgIpc) is 3.25.